The largest absolute Gasteiger partial charge is 0.478 e. The number of carbonyl (C=O) groups is 2. The van der Waals surface area contributed by atoms with Crippen LogP contribution in [0.25, 0.3) is 0 Å². The topological polar surface area (TPSA) is 104 Å². The smallest absolute Gasteiger partial charge is 0.335 e. The van der Waals surface area contributed by atoms with E-state index in [1.54, 1.807) is 12.1 Å². The van der Waals surface area contributed by atoms with E-state index in [9.17, 15) is 18.0 Å². The Morgan fingerprint density at radius 3 is 2.56 bits per heavy atom. The normalized spacial score (nSPS) is 18.2. The van der Waals surface area contributed by atoms with Crippen molar-refractivity contribution in [1.29, 1.82) is 0 Å². The zero-order chi connectivity index (χ0) is 18.4. The molecule has 0 aromatic heterocycles. The first-order chi connectivity index (χ1) is 11.8. The van der Waals surface area contributed by atoms with Crippen molar-refractivity contribution in [2.75, 3.05) is 12.3 Å². The van der Waals surface area contributed by atoms with Gasteiger partial charge >= 0.3 is 5.97 Å². The third kappa shape index (κ3) is 5.02. The predicted octanol–water partition coefficient (Wildman–Crippen LogP) is 1.60. The molecule has 138 valence electrons. The molecule has 1 aromatic carbocycles. The summed E-state index contributed by atoms with van der Waals surface area (Å²) < 4.78 is 26.1. The summed E-state index contributed by atoms with van der Waals surface area (Å²) in [5.41, 5.74) is 0.941. The first kappa shape index (κ1) is 19.4. The Balaban J connectivity index is 1.96. The quantitative estimate of drug-likeness (QED) is 0.725. The van der Waals surface area contributed by atoms with Crippen LogP contribution in [0.1, 0.15) is 48.5 Å². The van der Waals surface area contributed by atoms with Crippen LogP contribution in [0.3, 0.4) is 0 Å². The number of aromatic carboxylic acids is 1. The molecule has 0 saturated carbocycles. The van der Waals surface area contributed by atoms with Crippen LogP contribution in [-0.4, -0.2) is 48.0 Å². The monoisotopic (exact) mass is 368 g/mol. The first-order valence-corrected chi connectivity index (χ1v) is 10.1. The van der Waals surface area contributed by atoms with Gasteiger partial charge in [-0.05, 0) is 37.0 Å². The molecule has 7 nitrogen and oxygen atoms in total. The lowest BCUT2D eigenvalue weighted by Crippen LogP contribution is -2.46. The van der Waals surface area contributed by atoms with Crippen molar-refractivity contribution in [1.82, 2.24) is 9.62 Å². The summed E-state index contributed by atoms with van der Waals surface area (Å²) in [4.78, 5) is 23.2. The second-order valence-corrected chi connectivity index (χ2v) is 8.20. The maximum atomic E-state index is 12.4. The Morgan fingerprint density at radius 1 is 1.28 bits per heavy atom. The summed E-state index contributed by atoms with van der Waals surface area (Å²) >= 11 is 0. The minimum Gasteiger partial charge on any atom is -0.478 e. The molecule has 0 radical (unpaired) electrons. The Bertz CT molecular complexity index is 715. The number of carboxylic acid groups (broad SMARTS) is 1. The number of unbranched alkanes of at least 4 members (excludes halogenated alkanes) is 1. The number of sulfonamides is 1. The fourth-order valence-electron chi connectivity index (χ4n) is 2.85. The summed E-state index contributed by atoms with van der Waals surface area (Å²) in [5.74, 6) is -1.24. The number of carbonyl (C=O) groups excluding carboxylic acids is 1. The highest BCUT2D eigenvalue weighted by molar-refractivity contribution is 7.89. The van der Waals surface area contributed by atoms with Gasteiger partial charge < -0.3 is 10.4 Å². The Labute approximate surface area is 148 Å². The minimum atomic E-state index is -3.41. The number of benzene rings is 1. The fraction of sp³-hybridized carbons (Fsp3) is 0.529. The van der Waals surface area contributed by atoms with Crippen LogP contribution in [0.2, 0.25) is 0 Å². The molecule has 8 heteroatoms. The lowest BCUT2D eigenvalue weighted by atomic mass is 10.1. The molecular formula is C17H24N2O5S. The SMILES string of the molecule is CCCCS(=O)(=O)N1CCCC1C(=O)NCc1ccc(C(=O)O)cc1. The average Bonchev–Trinajstić information content (AvgIpc) is 3.09. The Morgan fingerprint density at radius 2 is 1.96 bits per heavy atom. The van der Waals surface area contributed by atoms with Crippen LogP contribution in [0, 0.1) is 0 Å². The molecule has 2 N–H and O–H groups in total. The lowest BCUT2D eigenvalue weighted by molar-refractivity contribution is -0.124. The lowest BCUT2D eigenvalue weighted by Gasteiger charge is -2.23. The Hall–Kier alpha value is -1.93. The Kier molecular flexibility index (Phi) is 6.55. The van der Waals surface area contributed by atoms with Crippen LogP contribution in [0.5, 0.6) is 0 Å². The zero-order valence-electron chi connectivity index (χ0n) is 14.3. The molecule has 0 spiro atoms. The third-order valence-corrected chi connectivity index (χ3v) is 6.24. The molecule has 1 atom stereocenters. The molecule has 1 saturated heterocycles. The van der Waals surface area contributed by atoms with Gasteiger partial charge in [0.15, 0.2) is 0 Å². The fourth-order valence-corrected chi connectivity index (χ4v) is 4.74. The van der Waals surface area contributed by atoms with E-state index >= 15 is 0 Å². The van der Waals surface area contributed by atoms with E-state index in [0.29, 0.717) is 25.8 Å². The van der Waals surface area contributed by atoms with Gasteiger partial charge in [0.25, 0.3) is 0 Å². The van der Waals surface area contributed by atoms with Gasteiger partial charge in [0.05, 0.1) is 11.3 Å². The summed E-state index contributed by atoms with van der Waals surface area (Å²) in [7, 11) is -3.41. The van der Waals surface area contributed by atoms with Gasteiger partial charge in [-0.2, -0.15) is 4.31 Å². The summed E-state index contributed by atoms with van der Waals surface area (Å²) in [5, 5.41) is 11.6. The predicted molar refractivity (Wildman–Crippen MR) is 93.7 cm³/mol. The highest BCUT2D eigenvalue weighted by Gasteiger charge is 2.37. The van der Waals surface area contributed by atoms with Crippen molar-refractivity contribution in [2.45, 2.75) is 45.2 Å². The molecular weight excluding hydrogens is 344 g/mol. The third-order valence-electron chi connectivity index (χ3n) is 4.29. The number of hydrogen-bond donors (Lipinski definition) is 2. The molecule has 1 amide bonds. The van der Waals surface area contributed by atoms with Crippen molar-refractivity contribution in [2.24, 2.45) is 0 Å². The van der Waals surface area contributed by atoms with Crippen molar-refractivity contribution in [3.8, 4) is 0 Å². The summed E-state index contributed by atoms with van der Waals surface area (Å²) in [6.45, 7) is 2.55. The highest BCUT2D eigenvalue weighted by atomic mass is 32.2. The van der Waals surface area contributed by atoms with E-state index in [4.69, 9.17) is 5.11 Å². The number of hydrogen-bond acceptors (Lipinski definition) is 4. The van der Waals surface area contributed by atoms with Gasteiger partial charge in [-0.3, -0.25) is 4.79 Å². The summed E-state index contributed by atoms with van der Waals surface area (Å²) in [6.07, 6.45) is 2.57. The molecule has 25 heavy (non-hydrogen) atoms. The molecule has 1 aliphatic rings. The van der Waals surface area contributed by atoms with E-state index < -0.39 is 22.0 Å². The van der Waals surface area contributed by atoms with Crippen molar-refractivity contribution < 1.29 is 23.1 Å². The standard InChI is InChI=1S/C17H24N2O5S/c1-2-3-11-25(23,24)19-10-4-5-15(19)16(20)18-12-13-6-8-14(9-7-13)17(21)22/h6-9,15H,2-5,10-12H2,1H3,(H,18,20)(H,21,22). The second-order valence-electron chi connectivity index (χ2n) is 6.16. The zero-order valence-corrected chi connectivity index (χ0v) is 15.1. The first-order valence-electron chi connectivity index (χ1n) is 8.44. The van der Waals surface area contributed by atoms with Crippen LogP contribution in [-0.2, 0) is 21.4 Å². The molecule has 1 fully saturated rings. The van der Waals surface area contributed by atoms with Gasteiger partial charge in [0.2, 0.25) is 15.9 Å². The molecule has 1 aliphatic heterocycles. The van der Waals surface area contributed by atoms with Crippen molar-refractivity contribution in [3.05, 3.63) is 35.4 Å². The number of nitrogens with zero attached hydrogens (tertiary/aromatic N) is 1. The molecule has 1 heterocycles. The number of nitrogens with one attached hydrogen (secondary N) is 1. The molecule has 0 aliphatic carbocycles. The van der Waals surface area contributed by atoms with E-state index in [-0.39, 0.29) is 23.8 Å². The van der Waals surface area contributed by atoms with E-state index in [1.165, 1.54) is 16.4 Å². The van der Waals surface area contributed by atoms with E-state index in [2.05, 4.69) is 5.32 Å². The molecule has 1 aromatic rings. The van der Waals surface area contributed by atoms with Gasteiger partial charge in [-0.15, -0.1) is 0 Å². The van der Waals surface area contributed by atoms with E-state index in [1.807, 2.05) is 6.92 Å². The molecule has 2 rings (SSSR count). The van der Waals surface area contributed by atoms with Crippen LogP contribution in [0.4, 0.5) is 0 Å². The van der Waals surface area contributed by atoms with Crippen LogP contribution >= 0.6 is 0 Å². The van der Waals surface area contributed by atoms with Gasteiger partial charge in [-0.25, -0.2) is 13.2 Å². The van der Waals surface area contributed by atoms with Crippen molar-refractivity contribution >= 4 is 21.9 Å². The molecule has 1 unspecified atom stereocenters. The summed E-state index contributed by atoms with van der Waals surface area (Å²) in [6, 6.07) is 5.56. The second kappa shape index (κ2) is 8.44. The maximum absolute atomic E-state index is 12.4. The van der Waals surface area contributed by atoms with Gasteiger partial charge in [0, 0.05) is 13.1 Å². The van der Waals surface area contributed by atoms with Gasteiger partial charge in [0.1, 0.15) is 6.04 Å². The highest BCUT2D eigenvalue weighted by Crippen LogP contribution is 2.22. The number of rotatable bonds is 8. The number of amides is 1. The molecule has 0 bridgehead atoms. The van der Waals surface area contributed by atoms with Crippen LogP contribution in [0.15, 0.2) is 24.3 Å². The van der Waals surface area contributed by atoms with Crippen molar-refractivity contribution in [3.63, 3.8) is 0 Å². The minimum absolute atomic E-state index is 0.0733. The average molecular weight is 368 g/mol. The van der Waals surface area contributed by atoms with Crippen LogP contribution < -0.4 is 5.32 Å². The van der Waals surface area contributed by atoms with E-state index in [0.717, 1.165) is 12.0 Å². The number of carboxylic acids is 1. The maximum Gasteiger partial charge on any atom is 0.335 e. The van der Waals surface area contributed by atoms with Gasteiger partial charge in [-0.1, -0.05) is 25.5 Å².